The average molecular weight is 506 g/mol. The summed E-state index contributed by atoms with van der Waals surface area (Å²) in [6.45, 7) is 0. The first-order chi connectivity index (χ1) is 19.2. The van der Waals surface area contributed by atoms with Gasteiger partial charge in [-0.3, -0.25) is 10.2 Å². The van der Waals surface area contributed by atoms with Crippen molar-refractivity contribution in [3.63, 3.8) is 0 Å². The number of fused-ring (bicyclic) bond motifs is 2. The summed E-state index contributed by atoms with van der Waals surface area (Å²) in [6, 6.07) is 39.9. The Morgan fingerprint density at radius 3 is 2.13 bits per heavy atom. The van der Waals surface area contributed by atoms with Crippen LogP contribution in [0.25, 0.3) is 33.1 Å². The zero-order valence-electron chi connectivity index (χ0n) is 20.9. The maximum absolute atomic E-state index is 12.9. The van der Waals surface area contributed by atoms with Gasteiger partial charge in [0.1, 0.15) is 11.2 Å². The molecule has 6 rings (SSSR count). The van der Waals surface area contributed by atoms with Crippen molar-refractivity contribution in [2.75, 3.05) is 0 Å². The van der Waals surface area contributed by atoms with Gasteiger partial charge in [-0.05, 0) is 47.0 Å². The maximum Gasteiger partial charge on any atom is 0.200 e. The minimum atomic E-state index is -0.0484. The first-order valence-corrected chi connectivity index (χ1v) is 12.5. The summed E-state index contributed by atoms with van der Waals surface area (Å²) in [6.07, 6.45) is 1.75. The molecule has 0 amide bonds. The van der Waals surface area contributed by atoms with Gasteiger partial charge in [-0.15, -0.1) is 0 Å². The van der Waals surface area contributed by atoms with Crippen molar-refractivity contribution in [2.45, 2.75) is 0 Å². The van der Waals surface area contributed by atoms with Crippen molar-refractivity contribution in [1.82, 2.24) is 0 Å². The number of hydrogen-bond donors (Lipinski definition) is 1. The highest BCUT2D eigenvalue weighted by atomic mass is 16.3. The van der Waals surface area contributed by atoms with Gasteiger partial charge >= 0.3 is 0 Å². The van der Waals surface area contributed by atoms with Crippen LogP contribution in [-0.2, 0) is 0 Å². The molecule has 0 atom stereocenters. The van der Waals surface area contributed by atoms with Crippen molar-refractivity contribution in [1.29, 1.82) is 5.41 Å². The highest BCUT2D eigenvalue weighted by molar-refractivity contribution is 6.13. The Morgan fingerprint density at radius 2 is 1.31 bits per heavy atom. The smallest absolute Gasteiger partial charge is 0.200 e. The monoisotopic (exact) mass is 505 g/mol. The highest BCUT2D eigenvalue weighted by Crippen LogP contribution is 2.26. The van der Waals surface area contributed by atoms with Crippen LogP contribution in [0.3, 0.4) is 0 Å². The Morgan fingerprint density at radius 1 is 0.641 bits per heavy atom. The topological polar surface area (TPSA) is 78.8 Å². The molecule has 0 saturated heterocycles. The Hall–Kier alpha value is -5.42. The molecule has 0 aliphatic rings. The summed E-state index contributed by atoms with van der Waals surface area (Å²) in [7, 11) is 0. The third-order valence-electron chi connectivity index (χ3n) is 6.43. The third kappa shape index (κ3) is 5.06. The number of aliphatic imine (C=N–C) groups is 2. The number of amidine groups is 2. The van der Waals surface area contributed by atoms with Gasteiger partial charge in [0.2, 0.25) is 5.43 Å². The molecule has 0 aliphatic heterocycles. The van der Waals surface area contributed by atoms with E-state index in [4.69, 9.17) is 9.83 Å². The molecule has 1 aromatic heterocycles. The molecule has 0 spiro atoms. The molecule has 0 saturated carbocycles. The molecule has 0 radical (unpaired) electrons. The molecule has 0 aliphatic carbocycles. The maximum atomic E-state index is 12.9. The lowest BCUT2D eigenvalue weighted by Crippen LogP contribution is -2.05. The van der Waals surface area contributed by atoms with Gasteiger partial charge in [-0.1, -0.05) is 97.1 Å². The fourth-order valence-corrected chi connectivity index (χ4v) is 4.43. The van der Waals surface area contributed by atoms with Gasteiger partial charge in [-0.2, -0.15) is 0 Å². The second kappa shape index (κ2) is 10.5. The molecular formula is C34H23N3O2. The summed E-state index contributed by atoms with van der Waals surface area (Å²) in [5, 5.41) is 9.88. The van der Waals surface area contributed by atoms with E-state index in [0.717, 1.165) is 22.3 Å². The molecule has 5 aromatic carbocycles. The van der Waals surface area contributed by atoms with E-state index < -0.39 is 0 Å². The van der Waals surface area contributed by atoms with E-state index in [-0.39, 0.29) is 11.3 Å². The molecule has 0 fully saturated rings. The molecule has 1 heterocycles. The quantitative estimate of drug-likeness (QED) is 0.153. The molecule has 6 aromatic rings. The Labute approximate surface area is 225 Å². The molecule has 5 nitrogen and oxygen atoms in total. The van der Waals surface area contributed by atoms with Crippen LogP contribution in [0.5, 0.6) is 0 Å². The van der Waals surface area contributed by atoms with E-state index in [1.807, 2.05) is 109 Å². The van der Waals surface area contributed by atoms with Crippen molar-refractivity contribution >= 4 is 39.8 Å². The van der Waals surface area contributed by atoms with Gasteiger partial charge < -0.3 is 4.42 Å². The van der Waals surface area contributed by atoms with Crippen molar-refractivity contribution in [2.24, 2.45) is 9.98 Å². The van der Waals surface area contributed by atoms with Crippen LogP contribution in [0.1, 0.15) is 16.7 Å². The third-order valence-corrected chi connectivity index (χ3v) is 6.43. The highest BCUT2D eigenvalue weighted by Gasteiger charge is 2.11. The Kier molecular flexibility index (Phi) is 6.46. The minimum Gasteiger partial charge on any atom is -0.456 e. The van der Waals surface area contributed by atoms with Crippen molar-refractivity contribution < 1.29 is 4.42 Å². The lowest BCUT2D eigenvalue weighted by molar-refractivity contribution is 0.660. The van der Waals surface area contributed by atoms with Crippen molar-refractivity contribution in [3.05, 3.63) is 154 Å². The number of para-hydroxylation sites is 1. The van der Waals surface area contributed by atoms with E-state index in [1.165, 1.54) is 0 Å². The van der Waals surface area contributed by atoms with Crippen molar-refractivity contribution in [3.8, 4) is 11.1 Å². The van der Waals surface area contributed by atoms with Gasteiger partial charge in [-0.25, -0.2) is 9.98 Å². The van der Waals surface area contributed by atoms with Gasteiger partial charge in [0.15, 0.2) is 11.7 Å². The zero-order valence-corrected chi connectivity index (χ0v) is 20.9. The molecule has 186 valence electrons. The predicted octanol–water partition coefficient (Wildman–Crippen LogP) is 7.50. The number of hydrogen-bond acceptors (Lipinski definition) is 3. The zero-order chi connectivity index (χ0) is 26.6. The number of nitrogens with one attached hydrogen (secondary N) is 1. The second-order valence-electron chi connectivity index (χ2n) is 9.04. The number of nitrogens with zero attached hydrogens (tertiary/aromatic N) is 2. The molecule has 1 N–H and O–H groups in total. The first kappa shape index (κ1) is 23.9. The predicted molar refractivity (Wildman–Crippen MR) is 159 cm³/mol. The summed E-state index contributed by atoms with van der Waals surface area (Å²) >= 11 is 0. The molecule has 0 bridgehead atoms. The largest absolute Gasteiger partial charge is 0.456 e. The lowest BCUT2D eigenvalue weighted by atomic mass is 10.0. The van der Waals surface area contributed by atoms with Gasteiger partial charge in [0.25, 0.3) is 0 Å². The SMILES string of the molecule is N=C(N=C(N=Cc1ccccc1)c1ccccc1)c1cccc(-c2ccc3c(=O)c4ccccc4oc3c2)c1. The van der Waals surface area contributed by atoms with Crippen LogP contribution < -0.4 is 5.43 Å². The van der Waals surface area contributed by atoms with E-state index in [0.29, 0.717) is 33.3 Å². The summed E-state index contributed by atoms with van der Waals surface area (Å²) in [5.74, 6) is 0.549. The Bertz CT molecular complexity index is 1940. The van der Waals surface area contributed by atoms with E-state index in [1.54, 1.807) is 24.4 Å². The van der Waals surface area contributed by atoms with Crippen LogP contribution >= 0.6 is 0 Å². The van der Waals surface area contributed by atoms with E-state index >= 15 is 0 Å². The van der Waals surface area contributed by atoms with Crippen LogP contribution in [0.15, 0.2) is 147 Å². The normalized spacial score (nSPS) is 11.8. The molecule has 5 heteroatoms. The minimum absolute atomic E-state index is 0.0484. The lowest BCUT2D eigenvalue weighted by Gasteiger charge is -2.08. The molecule has 0 unspecified atom stereocenters. The number of benzene rings is 5. The van der Waals surface area contributed by atoms with Crippen LogP contribution in [-0.4, -0.2) is 17.9 Å². The molecular weight excluding hydrogens is 482 g/mol. The van der Waals surface area contributed by atoms with Gasteiger partial charge in [0.05, 0.1) is 10.8 Å². The standard InChI is InChI=1S/C34H23N3O2/c35-33(37-34(24-12-5-2-6-13-24)36-22-23-10-3-1-4-11-23)27-15-9-14-25(20-27)26-18-19-29-31(21-26)39-30-17-8-7-16-28(30)32(29)38/h1-22,35H. The van der Waals surface area contributed by atoms with Crippen LogP contribution in [0.2, 0.25) is 0 Å². The Balaban J connectivity index is 1.36. The van der Waals surface area contributed by atoms with Crippen LogP contribution in [0.4, 0.5) is 0 Å². The summed E-state index contributed by atoms with van der Waals surface area (Å²) in [5.41, 5.74) is 5.22. The van der Waals surface area contributed by atoms with Gasteiger partial charge in [0, 0.05) is 17.3 Å². The number of rotatable bonds is 4. The average Bonchev–Trinajstić information content (AvgIpc) is 3.00. The van der Waals surface area contributed by atoms with Crippen LogP contribution in [0, 0.1) is 5.41 Å². The summed E-state index contributed by atoms with van der Waals surface area (Å²) in [4.78, 5) is 22.2. The second-order valence-corrected chi connectivity index (χ2v) is 9.04. The van der Waals surface area contributed by atoms with E-state index in [2.05, 4.69) is 9.98 Å². The summed E-state index contributed by atoms with van der Waals surface area (Å²) < 4.78 is 6.05. The fraction of sp³-hybridized carbons (Fsp3) is 0. The molecule has 39 heavy (non-hydrogen) atoms. The fourth-order valence-electron chi connectivity index (χ4n) is 4.43. The van der Waals surface area contributed by atoms with E-state index in [9.17, 15) is 4.79 Å². The first-order valence-electron chi connectivity index (χ1n) is 12.5.